The number of aromatic nitrogens is 1. The third kappa shape index (κ3) is 5.45. The van der Waals surface area contributed by atoms with Crippen molar-refractivity contribution in [2.45, 2.75) is 70.4 Å². The van der Waals surface area contributed by atoms with E-state index in [4.69, 9.17) is 36.8 Å². The van der Waals surface area contributed by atoms with E-state index in [0.29, 0.717) is 38.2 Å². The summed E-state index contributed by atoms with van der Waals surface area (Å²) in [5, 5.41) is 1.15. The number of oxazole rings is 1. The van der Waals surface area contributed by atoms with Gasteiger partial charge in [-0.2, -0.15) is 0 Å². The molecule has 1 unspecified atom stereocenters. The minimum absolute atomic E-state index is 0.137. The molecule has 8 heteroatoms. The quantitative estimate of drug-likeness (QED) is 0.260. The second kappa shape index (κ2) is 9.06. The molecule has 4 rings (SSSR count). The first-order chi connectivity index (χ1) is 15.4. The Morgan fingerprint density at radius 2 is 1.73 bits per heavy atom. The molecule has 0 bridgehead atoms. The number of benzene rings is 2. The molecular formula is C25H29Cl2NO4Si. The van der Waals surface area contributed by atoms with Crippen LogP contribution in [0.25, 0.3) is 22.6 Å². The number of hydrogen-bond donors (Lipinski definition) is 0. The normalized spacial score (nSPS) is 19.2. The summed E-state index contributed by atoms with van der Waals surface area (Å²) < 4.78 is 18.2. The molecule has 0 saturated heterocycles. The lowest BCUT2D eigenvalue weighted by molar-refractivity contribution is 0.0290. The molecule has 5 nitrogen and oxygen atoms in total. The van der Waals surface area contributed by atoms with Gasteiger partial charge in [-0.1, -0.05) is 44.0 Å². The van der Waals surface area contributed by atoms with Crippen LogP contribution in [-0.4, -0.2) is 31.5 Å². The topological polar surface area (TPSA) is 61.6 Å². The van der Waals surface area contributed by atoms with Crippen LogP contribution in [0.2, 0.25) is 28.2 Å². The summed E-state index contributed by atoms with van der Waals surface area (Å²) in [4.78, 5) is 17.3. The average Bonchev–Trinajstić information content (AvgIpc) is 3.32. The standard InChI is InChI=1S/C25H29Cl2NO4Si/c1-25(2,3)33(4,5)32-20-8-7-19(14-20)30-24(29)15-6-9-21-22(12-15)31-23(28-21)16-10-17(26)13-18(27)11-16/h6,9-13,19-20H,7-8,14H2,1-5H3/t19-,20?/m1/s1. The monoisotopic (exact) mass is 505 g/mol. The molecule has 1 saturated carbocycles. The van der Waals surface area contributed by atoms with Gasteiger partial charge in [0.25, 0.3) is 0 Å². The van der Waals surface area contributed by atoms with Crippen molar-refractivity contribution in [2.24, 2.45) is 0 Å². The fourth-order valence-corrected chi connectivity index (χ4v) is 5.71. The number of nitrogens with zero attached hydrogens (tertiary/aromatic N) is 1. The molecule has 0 aliphatic heterocycles. The van der Waals surface area contributed by atoms with Crippen LogP contribution in [0, 0.1) is 0 Å². The van der Waals surface area contributed by atoms with E-state index < -0.39 is 8.32 Å². The Morgan fingerprint density at radius 1 is 1.06 bits per heavy atom. The zero-order valence-corrected chi connectivity index (χ0v) is 22.1. The Kier molecular flexibility index (Phi) is 6.66. The third-order valence-electron chi connectivity index (χ3n) is 6.61. The zero-order valence-electron chi connectivity index (χ0n) is 19.6. The number of halogens is 2. The minimum Gasteiger partial charge on any atom is -0.459 e. The van der Waals surface area contributed by atoms with Crippen molar-refractivity contribution in [2.75, 3.05) is 0 Å². The summed E-state index contributed by atoms with van der Waals surface area (Å²) in [5.74, 6) is 0.0277. The van der Waals surface area contributed by atoms with Gasteiger partial charge in [0, 0.05) is 28.1 Å². The van der Waals surface area contributed by atoms with Gasteiger partial charge in [-0.15, -0.1) is 0 Å². The third-order valence-corrected chi connectivity index (χ3v) is 11.6. The molecule has 176 valence electrons. The lowest BCUT2D eigenvalue weighted by Crippen LogP contribution is -2.43. The lowest BCUT2D eigenvalue weighted by Gasteiger charge is -2.38. The van der Waals surface area contributed by atoms with Gasteiger partial charge in [0.05, 0.1) is 5.56 Å². The summed E-state index contributed by atoms with van der Waals surface area (Å²) >= 11 is 12.2. The molecular weight excluding hydrogens is 477 g/mol. The second-order valence-electron chi connectivity index (χ2n) is 10.2. The van der Waals surface area contributed by atoms with E-state index in [2.05, 4.69) is 38.8 Å². The van der Waals surface area contributed by atoms with Crippen LogP contribution in [0.15, 0.2) is 40.8 Å². The van der Waals surface area contributed by atoms with E-state index in [0.717, 1.165) is 19.3 Å². The molecule has 0 N–H and O–H groups in total. The van der Waals surface area contributed by atoms with Crippen molar-refractivity contribution in [3.8, 4) is 11.5 Å². The van der Waals surface area contributed by atoms with E-state index in [1.165, 1.54) is 0 Å². The van der Waals surface area contributed by atoms with Crippen molar-refractivity contribution in [1.29, 1.82) is 0 Å². The number of hydrogen-bond acceptors (Lipinski definition) is 5. The smallest absolute Gasteiger partial charge is 0.338 e. The number of carbonyl (C=O) groups is 1. The maximum absolute atomic E-state index is 12.8. The van der Waals surface area contributed by atoms with E-state index >= 15 is 0 Å². The van der Waals surface area contributed by atoms with Gasteiger partial charge in [0.1, 0.15) is 11.6 Å². The van der Waals surface area contributed by atoms with Gasteiger partial charge in [0.15, 0.2) is 13.9 Å². The molecule has 3 aromatic rings. The SMILES string of the molecule is CC(C)(C)[Si](C)(C)OC1CC[C@@H](OC(=O)c2ccc3nc(-c4cc(Cl)cc(Cl)c4)oc3c2)C1. The predicted octanol–water partition coefficient (Wildman–Crippen LogP) is 7.90. The van der Waals surface area contributed by atoms with Gasteiger partial charge >= 0.3 is 5.97 Å². The summed E-state index contributed by atoms with van der Waals surface area (Å²) in [5.41, 5.74) is 2.25. The van der Waals surface area contributed by atoms with Crippen LogP contribution in [-0.2, 0) is 9.16 Å². The van der Waals surface area contributed by atoms with Gasteiger partial charge in [-0.25, -0.2) is 9.78 Å². The van der Waals surface area contributed by atoms with Crippen LogP contribution in [0.1, 0.15) is 50.4 Å². The van der Waals surface area contributed by atoms with Crippen molar-refractivity contribution in [1.82, 2.24) is 4.98 Å². The van der Waals surface area contributed by atoms with Crippen LogP contribution in [0.3, 0.4) is 0 Å². The molecule has 2 aromatic carbocycles. The van der Waals surface area contributed by atoms with Crippen molar-refractivity contribution in [3.63, 3.8) is 0 Å². The molecule has 1 fully saturated rings. The van der Waals surface area contributed by atoms with Gasteiger partial charge in [-0.3, -0.25) is 0 Å². The van der Waals surface area contributed by atoms with Crippen molar-refractivity contribution in [3.05, 3.63) is 52.0 Å². The maximum Gasteiger partial charge on any atom is 0.338 e. The summed E-state index contributed by atoms with van der Waals surface area (Å²) in [7, 11) is -1.84. The highest BCUT2D eigenvalue weighted by molar-refractivity contribution is 6.74. The molecule has 0 spiro atoms. The van der Waals surface area contributed by atoms with E-state index in [1.54, 1.807) is 36.4 Å². The molecule has 2 atom stereocenters. The zero-order chi connectivity index (χ0) is 24.0. The minimum atomic E-state index is -1.84. The summed E-state index contributed by atoms with van der Waals surface area (Å²) in [6, 6.07) is 10.2. The molecule has 1 aromatic heterocycles. The first-order valence-corrected chi connectivity index (χ1v) is 14.8. The van der Waals surface area contributed by atoms with E-state index in [1.807, 2.05) is 0 Å². The van der Waals surface area contributed by atoms with Crippen LogP contribution >= 0.6 is 23.2 Å². The number of carbonyl (C=O) groups excluding carboxylic acids is 1. The molecule has 0 radical (unpaired) electrons. The molecule has 1 heterocycles. The first-order valence-electron chi connectivity index (χ1n) is 11.2. The Labute approximate surface area is 205 Å². The maximum atomic E-state index is 12.8. The molecule has 33 heavy (non-hydrogen) atoms. The highest BCUT2D eigenvalue weighted by Gasteiger charge is 2.41. The Hall–Kier alpha value is -1.86. The molecule has 1 aliphatic carbocycles. The Morgan fingerprint density at radius 3 is 2.39 bits per heavy atom. The highest BCUT2D eigenvalue weighted by Crippen LogP contribution is 2.40. The number of rotatable bonds is 5. The van der Waals surface area contributed by atoms with Crippen LogP contribution in [0.5, 0.6) is 0 Å². The number of esters is 1. The molecule has 0 amide bonds. The first kappa shape index (κ1) is 24.3. The fourth-order valence-electron chi connectivity index (χ4n) is 3.78. The predicted molar refractivity (Wildman–Crippen MR) is 135 cm³/mol. The van der Waals surface area contributed by atoms with Crippen LogP contribution < -0.4 is 0 Å². The second-order valence-corrected chi connectivity index (χ2v) is 15.8. The summed E-state index contributed by atoms with van der Waals surface area (Å²) in [6.07, 6.45) is 2.48. The van der Waals surface area contributed by atoms with Crippen molar-refractivity contribution < 1.29 is 18.4 Å². The van der Waals surface area contributed by atoms with E-state index in [9.17, 15) is 4.79 Å². The fraction of sp³-hybridized carbons (Fsp3) is 0.440. The highest BCUT2D eigenvalue weighted by atomic mass is 35.5. The Bertz CT molecular complexity index is 1160. The largest absolute Gasteiger partial charge is 0.459 e. The number of ether oxygens (including phenoxy) is 1. The Balaban J connectivity index is 1.43. The van der Waals surface area contributed by atoms with Crippen molar-refractivity contribution >= 4 is 48.6 Å². The number of fused-ring (bicyclic) bond motifs is 1. The average molecular weight is 507 g/mol. The van der Waals surface area contributed by atoms with Gasteiger partial charge < -0.3 is 13.6 Å². The summed E-state index contributed by atoms with van der Waals surface area (Å²) in [6.45, 7) is 11.2. The lowest BCUT2D eigenvalue weighted by atomic mass is 10.2. The van der Waals surface area contributed by atoms with Crippen LogP contribution in [0.4, 0.5) is 0 Å². The molecule has 1 aliphatic rings. The van der Waals surface area contributed by atoms with Gasteiger partial charge in [-0.05, 0) is 67.4 Å². The van der Waals surface area contributed by atoms with E-state index in [-0.39, 0.29) is 23.2 Å². The van der Waals surface area contributed by atoms with Gasteiger partial charge in [0.2, 0.25) is 5.89 Å².